The van der Waals surface area contributed by atoms with Gasteiger partial charge >= 0.3 is 0 Å². The molecule has 14 heavy (non-hydrogen) atoms. The highest BCUT2D eigenvalue weighted by molar-refractivity contribution is 5.43. The summed E-state index contributed by atoms with van der Waals surface area (Å²) in [5.74, 6) is 0. The topological polar surface area (TPSA) is 50.9 Å². The SMILES string of the molecule is C=c1nccc(N)/c1=C\NC(C)(C)C. The molecule has 0 saturated carbocycles. The number of hydrogen-bond donors (Lipinski definition) is 2. The average molecular weight is 191 g/mol. The van der Waals surface area contributed by atoms with E-state index < -0.39 is 0 Å². The van der Waals surface area contributed by atoms with Crippen molar-refractivity contribution in [2.75, 3.05) is 5.73 Å². The van der Waals surface area contributed by atoms with Crippen LogP contribution in [-0.4, -0.2) is 10.5 Å². The predicted molar refractivity (Wildman–Crippen MR) is 60.8 cm³/mol. The summed E-state index contributed by atoms with van der Waals surface area (Å²) in [7, 11) is 0. The molecule has 0 aliphatic heterocycles. The molecule has 0 spiro atoms. The lowest BCUT2D eigenvalue weighted by Gasteiger charge is -2.18. The molecule has 76 valence electrons. The van der Waals surface area contributed by atoms with Crippen LogP contribution in [0.3, 0.4) is 0 Å². The number of nitrogens with zero attached hydrogens (tertiary/aromatic N) is 1. The molecule has 0 fully saturated rings. The van der Waals surface area contributed by atoms with Crippen molar-refractivity contribution >= 4 is 18.5 Å². The first kappa shape index (κ1) is 10.6. The molecule has 1 aromatic heterocycles. The molecule has 1 heterocycles. The Bertz CT molecular complexity index is 415. The van der Waals surface area contributed by atoms with E-state index in [0.29, 0.717) is 11.0 Å². The zero-order valence-electron chi connectivity index (χ0n) is 8.96. The molecular weight excluding hydrogens is 174 g/mol. The lowest BCUT2D eigenvalue weighted by Crippen LogP contribution is -2.37. The van der Waals surface area contributed by atoms with Gasteiger partial charge in [-0.1, -0.05) is 6.58 Å². The Balaban J connectivity index is 3.13. The van der Waals surface area contributed by atoms with E-state index >= 15 is 0 Å². The number of hydrogen-bond acceptors (Lipinski definition) is 3. The predicted octanol–water partition coefficient (Wildman–Crippen LogP) is 0.200. The maximum absolute atomic E-state index is 5.80. The van der Waals surface area contributed by atoms with Gasteiger partial charge in [-0.05, 0) is 26.8 Å². The van der Waals surface area contributed by atoms with E-state index in [1.54, 1.807) is 12.3 Å². The number of pyridine rings is 1. The molecule has 0 unspecified atom stereocenters. The van der Waals surface area contributed by atoms with Crippen LogP contribution >= 0.6 is 0 Å². The van der Waals surface area contributed by atoms with Gasteiger partial charge in [-0.2, -0.15) is 0 Å². The van der Waals surface area contributed by atoms with Crippen LogP contribution in [0, 0.1) is 0 Å². The van der Waals surface area contributed by atoms with Crippen LogP contribution in [0.25, 0.3) is 12.8 Å². The third kappa shape index (κ3) is 2.76. The fourth-order valence-corrected chi connectivity index (χ4v) is 0.989. The standard InChI is InChI=1S/C11H17N3/c1-8-9(7-14-11(2,3)4)10(12)5-6-13-8/h5-7,14H,1,12H2,2-4H3/b9-7-. The van der Waals surface area contributed by atoms with E-state index in [2.05, 4.69) is 37.7 Å². The molecule has 0 radical (unpaired) electrons. The van der Waals surface area contributed by atoms with Crippen LogP contribution in [0.15, 0.2) is 12.3 Å². The van der Waals surface area contributed by atoms with Crippen LogP contribution < -0.4 is 21.6 Å². The molecular formula is C11H17N3. The van der Waals surface area contributed by atoms with Gasteiger partial charge in [0.15, 0.2) is 0 Å². The molecule has 0 aromatic carbocycles. The van der Waals surface area contributed by atoms with Gasteiger partial charge in [-0.25, -0.2) is 0 Å². The van der Waals surface area contributed by atoms with E-state index in [9.17, 15) is 0 Å². The first-order valence-electron chi connectivity index (χ1n) is 4.57. The minimum Gasteiger partial charge on any atom is -0.398 e. The first-order valence-corrected chi connectivity index (χ1v) is 4.57. The van der Waals surface area contributed by atoms with Crippen molar-refractivity contribution in [2.45, 2.75) is 26.3 Å². The van der Waals surface area contributed by atoms with Gasteiger partial charge in [0, 0.05) is 28.8 Å². The monoisotopic (exact) mass is 191 g/mol. The van der Waals surface area contributed by atoms with Crippen molar-refractivity contribution in [1.29, 1.82) is 0 Å². The fraction of sp³-hybridized carbons (Fsp3) is 0.364. The zero-order chi connectivity index (χ0) is 10.8. The molecule has 0 saturated heterocycles. The Morgan fingerprint density at radius 1 is 1.50 bits per heavy atom. The number of nitrogens with one attached hydrogen (secondary N) is 1. The third-order valence-corrected chi connectivity index (χ3v) is 1.76. The highest BCUT2D eigenvalue weighted by Crippen LogP contribution is 1.97. The molecule has 0 aliphatic rings. The van der Waals surface area contributed by atoms with Crippen molar-refractivity contribution in [3.63, 3.8) is 0 Å². The van der Waals surface area contributed by atoms with Gasteiger partial charge in [0.1, 0.15) is 0 Å². The normalized spacial score (nSPS) is 12.9. The second kappa shape index (κ2) is 3.70. The molecule has 0 amide bonds. The summed E-state index contributed by atoms with van der Waals surface area (Å²) in [4.78, 5) is 4.08. The molecule has 0 aliphatic carbocycles. The van der Waals surface area contributed by atoms with Crippen molar-refractivity contribution in [1.82, 2.24) is 10.3 Å². The minimum atomic E-state index is 0.0225. The number of nitrogen functional groups attached to an aromatic ring is 1. The quantitative estimate of drug-likeness (QED) is 0.666. The van der Waals surface area contributed by atoms with E-state index in [1.165, 1.54) is 0 Å². The van der Waals surface area contributed by atoms with E-state index in [1.807, 2.05) is 6.20 Å². The first-order chi connectivity index (χ1) is 6.40. The third-order valence-electron chi connectivity index (χ3n) is 1.76. The number of rotatable bonds is 1. The minimum absolute atomic E-state index is 0.0225. The van der Waals surface area contributed by atoms with Crippen LogP contribution in [0.2, 0.25) is 0 Å². The van der Waals surface area contributed by atoms with Gasteiger partial charge in [-0.3, -0.25) is 4.98 Å². The van der Waals surface area contributed by atoms with E-state index in [4.69, 9.17) is 5.73 Å². The lowest BCUT2D eigenvalue weighted by molar-refractivity contribution is 0.508. The van der Waals surface area contributed by atoms with Gasteiger partial charge in [0.05, 0.1) is 5.35 Å². The summed E-state index contributed by atoms with van der Waals surface area (Å²) in [5.41, 5.74) is 6.52. The molecule has 3 N–H and O–H groups in total. The number of nitrogens with two attached hydrogens (primary N) is 1. The highest BCUT2D eigenvalue weighted by Gasteiger charge is 2.05. The molecule has 3 heteroatoms. The number of aromatic nitrogens is 1. The van der Waals surface area contributed by atoms with Gasteiger partial charge < -0.3 is 11.1 Å². The lowest BCUT2D eigenvalue weighted by atomic mass is 10.1. The van der Waals surface area contributed by atoms with Crippen LogP contribution in [-0.2, 0) is 0 Å². The maximum Gasteiger partial charge on any atom is 0.0665 e. The summed E-state index contributed by atoms with van der Waals surface area (Å²) in [6, 6.07) is 1.77. The number of anilines is 1. The van der Waals surface area contributed by atoms with E-state index in [0.717, 1.165) is 5.22 Å². The molecule has 3 nitrogen and oxygen atoms in total. The summed E-state index contributed by atoms with van der Waals surface area (Å²) >= 11 is 0. The molecule has 1 aromatic rings. The summed E-state index contributed by atoms with van der Waals surface area (Å²) in [6.45, 7) is 10.1. The Morgan fingerprint density at radius 2 is 2.14 bits per heavy atom. The summed E-state index contributed by atoms with van der Waals surface area (Å²) in [5, 5.41) is 4.79. The Morgan fingerprint density at radius 3 is 2.64 bits per heavy atom. The van der Waals surface area contributed by atoms with Crippen molar-refractivity contribution < 1.29 is 0 Å². The Hall–Kier alpha value is -1.51. The van der Waals surface area contributed by atoms with Crippen LogP contribution in [0.1, 0.15) is 20.8 Å². The van der Waals surface area contributed by atoms with Crippen molar-refractivity contribution in [2.24, 2.45) is 0 Å². The highest BCUT2D eigenvalue weighted by atomic mass is 14.9. The fourth-order valence-electron chi connectivity index (χ4n) is 0.989. The average Bonchev–Trinajstić information content (AvgIpc) is 2.01. The van der Waals surface area contributed by atoms with E-state index in [-0.39, 0.29) is 5.54 Å². The summed E-state index contributed by atoms with van der Waals surface area (Å²) < 4.78 is 0. The second-order valence-electron chi connectivity index (χ2n) is 4.30. The van der Waals surface area contributed by atoms with Gasteiger partial charge in [0.25, 0.3) is 0 Å². The van der Waals surface area contributed by atoms with Crippen molar-refractivity contribution in [3.8, 4) is 0 Å². The largest absolute Gasteiger partial charge is 0.398 e. The zero-order valence-corrected chi connectivity index (χ0v) is 8.96. The second-order valence-corrected chi connectivity index (χ2v) is 4.30. The Labute approximate surface area is 84.4 Å². The van der Waals surface area contributed by atoms with Crippen LogP contribution in [0.5, 0.6) is 0 Å². The molecule has 0 atom stereocenters. The van der Waals surface area contributed by atoms with Gasteiger partial charge in [-0.15, -0.1) is 0 Å². The smallest absolute Gasteiger partial charge is 0.0665 e. The molecule has 1 rings (SSSR count). The van der Waals surface area contributed by atoms with Gasteiger partial charge in [0.2, 0.25) is 0 Å². The molecule has 0 bridgehead atoms. The Kier molecular flexibility index (Phi) is 2.79. The maximum atomic E-state index is 5.80. The van der Waals surface area contributed by atoms with Crippen molar-refractivity contribution in [3.05, 3.63) is 22.8 Å². The van der Waals surface area contributed by atoms with Crippen LogP contribution in [0.4, 0.5) is 5.69 Å². The summed E-state index contributed by atoms with van der Waals surface area (Å²) in [6.07, 6.45) is 3.52.